The lowest BCUT2D eigenvalue weighted by Gasteiger charge is -2.23. The van der Waals surface area contributed by atoms with Gasteiger partial charge in [0.1, 0.15) is 0 Å². The number of carbonyl (C=O) groups excluding carboxylic acids is 2. The molecule has 1 aromatic rings. The van der Waals surface area contributed by atoms with Crippen molar-refractivity contribution >= 4 is 27.5 Å². The minimum atomic E-state index is -3.92. The van der Waals surface area contributed by atoms with Gasteiger partial charge in [0, 0.05) is 18.0 Å². The van der Waals surface area contributed by atoms with Crippen LogP contribution in [0.3, 0.4) is 0 Å². The Morgan fingerprint density at radius 2 is 1.92 bits per heavy atom. The number of anilines is 1. The Kier molecular flexibility index (Phi) is 4.69. The Hall–Kier alpha value is -2.15. The summed E-state index contributed by atoms with van der Waals surface area (Å²) < 4.78 is 27.3. The van der Waals surface area contributed by atoms with Crippen LogP contribution in [0.4, 0.5) is 5.69 Å². The Labute approximate surface area is 147 Å². The van der Waals surface area contributed by atoms with Gasteiger partial charge in [-0.05, 0) is 63.3 Å². The maximum atomic E-state index is 12.5. The quantitative estimate of drug-likeness (QED) is 0.808. The van der Waals surface area contributed by atoms with Crippen LogP contribution in [0.15, 0.2) is 34.2 Å². The van der Waals surface area contributed by atoms with Crippen LogP contribution in [0.2, 0.25) is 0 Å². The molecule has 0 spiro atoms. The molecule has 0 fully saturated rings. The van der Waals surface area contributed by atoms with Gasteiger partial charge in [-0.2, -0.15) is 0 Å². The lowest BCUT2D eigenvalue weighted by Crippen LogP contribution is -2.36. The van der Waals surface area contributed by atoms with Crippen LogP contribution in [-0.2, 0) is 26.0 Å². The van der Waals surface area contributed by atoms with E-state index in [1.807, 2.05) is 13.8 Å². The average Bonchev–Trinajstić information content (AvgIpc) is 2.56. The molecule has 1 aromatic carbocycles. The summed E-state index contributed by atoms with van der Waals surface area (Å²) in [6.45, 7) is 4.03. The number of fused-ring (bicyclic) bond motifs is 1. The van der Waals surface area contributed by atoms with Crippen molar-refractivity contribution in [3.8, 4) is 0 Å². The summed E-state index contributed by atoms with van der Waals surface area (Å²) >= 11 is 0. The topological polar surface area (TPSA) is 92.3 Å². The molecule has 6 nitrogen and oxygen atoms in total. The van der Waals surface area contributed by atoms with Crippen molar-refractivity contribution < 1.29 is 18.0 Å². The molecule has 1 atom stereocenters. The monoisotopic (exact) mass is 362 g/mol. The number of carbonyl (C=O) groups is 2. The van der Waals surface area contributed by atoms with Crippen LogP contribution < -0.4 is 10.0 Å². The minimum absolute atomic E-state index is 0.0509. The summed E-state index contributed by atoms with van der Waals surface area (Å²) in [6, 6.07) is 4.51. The number of sulfonamides is 1. The zero-order valence-corrected chi connectivity index (χ0v) is 15.2. The third kappa shape index (κ3) is 3.76. The third-order valence-corrected chi connectivity index (χ3v) is 6.38. The number of hydrogen-bond donors (Lipinski definition) is 2. The van der Waals surface area contributed by atoms with E-state index in [2.05, 4.69) is 10.0 Å². The minimum Gasteiger partial charge on any atom is -0.326 e. The first-order valence-electron chi connectivity index (χ1n) is 8.41. The van der Waals surface area contributed by atoms with E-state index >= 15 is 0 Å². The summed E-state index contributed by atoms with van der Waals surface area (Å²) in [4.78, 5) is 23.8. The molecule has 1 unspecified atom stereocenters. The van der Waals surface area contributed by atoms with Gasteiger partial charge in [-0.1, -0.05) is 11.1 Å². The van der Waals surface area contributed by atoms with Crippen molar-refractivity contribution in [2.24, 2.45) is 5.92 Å². The average molecular weight is 362 g/mol. The van der Waals surface area contributed by atoms with E-state index in [1.165, 1.54) is 17.7 Å². The first-order chi connectivity index (χ1) is 11.8. The number of rotatable bonds is 3. The Morgan fingerprint density at radius 3 is 2.64 bits per heavy atom. The third-order valence-electron chi connectivity index (χ3n) is 5.04. The van der Waals surface area contributed by atoms with Crippen molar-refractivity contribution in [3.63, 3.8) is 0 Å². The maximum Gasteiger partial charge on any atom is 0.264 e. The number of aryl methyl sites for hydroxylation is 1. The van der Waals surface area contributed by atoms with Gasteiger partial charge < -0.3 is 5.32 Å². The highest BCUT2D eigenvalue weighted by Crippen LogP contribution is 2.30. The molecule has 2 aliphatic rings. The molecule has 1 aliphatic carbocycles. The molecule has 0 radical (unpaired) electrons. The molecule has 0 saturated carbocycles. The van der Waals surface area contributed by atoms with Crippen molar-refractivity contribution in [2.75, 3.05) is 5.32 Å². The highest BCUT2D eigenvalue weighted by molar-refractivity contribution is 7.90. The van der Waals surface area contributed by atoms with E-state index in [4.69, 9.17) is 0 Å². The molecule has 2 amide bonds. The standard InChI is InChI=1S/C18H22N2O4S/c1-11-3-4-14(9-12(11)2)18(22)20-25(23,24)15-6-7-16-13(10-15)5-8-17(21)19-16/h6-7,10,14H,3-5,8-9H2,1-2H3,(H,19,21)(H,20,22). The molecule has 2 N–H and O–H groups in total. The first kappa shape index (κ1) is 17.7. The number of nitrogens with one attached hydrogen (secondary N) is 2. The number of hydrogen-bond acceptors (Lipinski definition) is 4. The Balaban J connectivity index is 1.76. The summed E-state index contributed by atoms with van der Waals surface area (Å²) in [5, 5.41) is 2.71. The lowest BCUT2D eigenvalue weighted by atomic mass is 9.85. The Morgan fingerprint density at radius 1 is 1.16 bits per heavy atom. The molecule has 134 valence electrons. The van der Waals surface area contributed by atoms with Gasteiger partial charge in [-0.3, -0.25) is 9.59 Å². The van der Waals surface area contributed by atoms with Crippen molar-refractivity contribution in [3.05, 3.63) is 34.9 Å². The van der Waals surface area contributed by atoms with E-state index in [9.17, 15) is 18.0 Å². The van der Waals surface area contributed by atoms with Gasteiger partial charge in [0.25, 0.3) is 10.0 Å². The van der Waals surface area contributed by atoms with Gasteiger partial charge in [0.05, 0.1) is 4.90 Å². The van der Waals surface area contributed by atoms with Crippen molar-refractivity contribution in [1.29, 1.82) is 0 Å². The normalized spacial score (nSPS) is 20.7. The van der Waals surface area contributed by atoms with E-state index in [0.29, 0.717) is 31.4 Å². The van der Waals surface area contributed by atoms with Crippen LogP contribution in [0.1, 0.15) is 45.1 Å². The summed E-state index contributed by atoms with van der Waals surface area (Å²) in [5.41, 5.74) is 3.84. The van der Waals surface area contributed by atoms with E-state index in [1.54, 1.807) is 6.07 Å². The highest BCUT2D eigenvalue weighted by Gasteiger charge is 2.28. The number of amides is 2. The van der Waals surface area contributed by atoms with Crippen LogP contribution in [0, 0.1) is 5.92 Å². The van der Waals surface area contributed by atoms with Gasteiger partial charge in [0.2, 0.25) is 11.8 Å². The smallest absolute Gasteiger partial charge is 0.264 e. The molecule has 0 saturated heterocycles. The van der Waals surface area contributed by atoms with Crippen molar-refractivity contribution in [1.82, 2.24) is 4.72 Å². The second-order valence-corrected chi connectivity index (χ2v) is 8.52. The molecule has 25 heavy (non-hydrogen) atoms. The summed E-state index contributed by atoms with van der Waals surface area (Å²) in [7, 11) is -3.92. The van der Waals surface area contributed by atoms with Crippen LogP contribution in [0.5, 0.6) is 0 Å². The van der Waals surface area contributed by atoms with E-state index in [0.717, 1.165) is 17.6 Å². The SMILES string of the molecule is CC1=C(C)CC(C(=O)NS(=O)(=O)c2ccc3c(c2)CCC(=O)N3)CC1. The van der Waals surface area contributed by atoms with E-state index < -0.39 is 15.9 Å². The van der Waals surface area contributed by atoms with Crippen LogP contribution in [0.25, 0.3) is 0 Å². The van der Waals surface area contributed by atoms with Crippen LogP contribution >= 0.6 is 0 Å². The molecular weight excluding hydrogens is 340 g/mol. The fourth-order valence-corrected chi connectivity index (χ4v) is 4.37. The predicted molar refractivity (Wildman–Crippen MR) is 94.4 cm³/mol. The molecule has 0 aromatic heterocycles. The predicted octanol–water partition coefficient (Wildman–Crippen LogP) is 2.51. The molecule has 1 aliphatic heterocycles. The highest BCUT2D eigenvalue weighted by atomic mass is 32.2. The second kappa shape index (κ2) is 6.63. The molecule has 7 heteroatoms. The molecule has 0 bridgehead atoms. The van der Waals surface area contributed by atoms with Gasteiger partial charge >= 0.3 is 0 Å². The van der Waals surface area contributed by atoms with Gasteiger partial charge in [-0.15, -0.1) is 0 Å². The molecule has 3 rings (SSSR count). The molecular formula is C18H22N2O4S. The fourth-order valence-electron chi connectivity index (χ4n) is 3.28. The maximum absolute atomic E-state index is 12.5. The fraction of sp³-hybridized carbons (Fsp3) is 0.444. The molecule has 1 heterocycles. The Bertz CT molecular complexity index is 871. The van der Waals surface area contributed by atoms with Gasteiger partial charge in [0.15, 0.2) is 0 Å². The van der Waals surface area contributed by atoms with E-state index in [-0.39, 0.29) is 16.7 Å². The summed E-state index contributed by atoms with van der Waals surface area (Å²) in [6.07, 6.45) is 2.91. The van der Waals surface area contributed by atoms with Gasteiger partial charge in [-0.25, -0.2) is 13.1 Å². The lowest BCUT2D eigenvalue weighted by molar-refractivity contribution is -0.123. The summed E-state index contributed by atoms with van der Waals surface area (Å²) in [5.74, 6) is -0.833. The first-order valence-corrected chi connectivity index (χ1v) is 9.89. The zero-order chi connectivity index (χ0) is 18.2. The zero-order valence-electron chi connectivity index (χ0n) is 14.4. The van der Waals surface area contributed by atoms with Crippen LogP contribution in [-0.4, -0.2) is 20.2 Å². The second-order valence-electron chi connectivity index (χ2n) is 6.84. The largest absolute Gasteiger partial charge is 0.326 e. The number of allylic oxidation sites excluding steroid dienone is 2. The number of benzene rings is 1. The van der Waals surface area contributed by atoms with Crippen molar-refractivity contribution in [2.45, 2.75) is 50.8 Å².